The number of hydrogen-bond acceptors (Lipinski definition) is 4. The molecule has 4 aromatic rings. The number of aromatic nitrogens is 1. The summed E-state index contributed by atoms with van der Waals surface area (Å²) in [5.74, 6) is -0.934. The van der Waals surface area contributed by atoms with Gasteiger partial charge in [0.25, 0.3) is 5.91 Å². The molecule has 0 fully saturated rings. The highest BCUT2D eigenvalue weighted by Crippen LogP contribution is 2.20. The highest BCUT2D eigenvalue weighted by molar-refractivity contribution is 6.02. The summed E-state index contributed by atoms with van der Waals surface area (Å²) in [5, 5.41) is 15.8. The van der Waals surface area contributed by atoms with Gasteiger partial charge in [0.05, 0.1) is 12.1 Å². The molecule has 1 atom stereocenters. The molecule has 0 bridgehead atoms. The zero-order valence-electron chi connectivity index (χ0n) is 16.7. The Morgan fingerprint density at radius 2 is 1.61 bits per heavy atom. The monoisotopic (exact) mass is 411 g/mol. The van der Waals surface area contributed by atoms with E-state index >= 15 is 0 Å². The maximum atomic E-state index is 12.6. The first kappa shape index (κ1) is 20.3. The first-order valence-electron chi connectivity index (χ1n) is 9.87. The highest BCUT2D eigenvalue weighted by Gasteiger charge is 2.21. The number of carbonyl (C=O) groups is 2. The third-order valence-electron chi connectivity index (χ3n) is 4.93. The van der Waals surface area contributed by atoms with Crippen LogP contribution in [0.2, 0.25) is 0 Å². The van der Waals surface area contributed by atoms with E-state index in [4.69, 9.17) is 0 Å². The normalized spacial score (nSPS) is 11.6. The number of rotatable bonds is 6. The predicted octanol–water partition coefficient (Wildman–Crippen LogP) is 3.63. The van der Waals surface area contributed by atoms with Crippen molar-refractivity contribution in [2.24, 2.45) is 0 Å². The van der Waals surface area contributed by atoms with Gasteiger partial charge in [0, 0.05) is 22.8 Å². The van der Waals surface area contributed by atoms with Crippen LogP contribution in [-0.4, -0.2) is 34.6 Å². The van der Waals surface area contributed by atoms with E-state index in [2.05, 4.69) is 15.6 Å². The Morgan fingerprint density at radius 3 is 2.35 bits per heavy atom. The second-order valence-corrected chi connectivity index (χ2v) is 7.05. The number of nitrogens with zero attached hydrogens (tertiary/aromatic N) is 1. The SMILES string of the molecule is O=C(N[C@@H](CO)C(=O)Nc1ccc2ncccc2c1)c1ccc(-c2ccccc2)cc1. The molecule has 3 N–H and O–H groups in total. The van der Waals surface area contributed by atoms with Crippen LogP contribution < -0.4 is 10.6 Å². The van der Waals surface area contributed by atoms with Gasteiger partial charge in [-0.1, -0.05) is 48.5 Å². The van der Waals surface area contributed by atoms with Gasteiger partial charge >= 0.3 is 0 Å². The number of anilines is 1. The summed E-state index contributed by atoms with van der Waals surface area (Å²) in [6.45, 7) is -0.519. The smallest absolute Gasteiger partial charge is 0.251 e. The van der Waals surface area contributed by atoms with E-state index in [1.165, 1.54) is 0 Å². The molecule has 2 amide bonds. The number of fused-ring (bicyclic) bond motifs is 1. The van der Waals surface area contributed by atoms with Gasteiger partial charge in [-0.3, -0.25) is 14.6 Å². The van der Waals surface area contributed by atoms with E-state index in [0.717, 1.165) is 22.0 Å². The molecular formula is C25H21N3O3. The van der Waals surface area contributed by atoms with Crippen molar-refractivity contribution in [2.75, 3.05) is 11.9 Å². The molecule has 0 spiro atoms. The summed E-state index contributed by atoms with van der Waals surface area (Å²) in [6, 6.07) is 24.9. The number of hydrogen-bond donors (Lipinski definition) is 3. The van der Waals surface area contributed by atoms with Crippen molar-refractivity contribution < 1.29 is 14.7 Å². The van der Waals surface area contributed by atoms with E-state index in [1.807, 2.05) is 54.6 Å². The van der Waals surface area contributed by atoms with Crippen molar-refractivity contribution in [3.8, 4) is 11.1 Å². The lowest BCUT2D eigenvalue weighted by Gasteiger charge is -2.16. The van der Waals surface area contributed by atoms with Crippen molar-refractivity contribution in [3.05, 3.63) is 96.7 Å². The van der Waals surface area contributed by atoms with E-state index in [-0.39, 0.29) is 0 Å². The molecule has 0 saturated carbocycles. The molecule has 31 heavy (non-hydrogen) atoms. The van der Waals surface area contributed by atoms with Gasteiger partial charge in [-0.25, -0.2) is 0 Å². The molecule has 0 unspecified atom stereocenters. The number of benzene rings is 3. The number of carbonyl (C=O) groups excluding carboxylic acids is 2. The summed E-state index contributed by atoms with van der Waals surface area (Å²) < 4.78 is 0. The number of pyridine rings is 1. The Morgan fingerprint density at radius 1 is 0.871 bits per heavy atom. The molecule has 0 aliphatic heterocycles. The predicted molar refractivity (Wildman–Crippen MR) is 121 cm³/mol. The van der Waals surface area contributed by atoms with E-state index in [9.17, 15) is 14.7 Å². The lowest BCUT2D eigenvalue weighted by atomic mass is 10.0. The van der Waals surface area contributed by atoms with Gasteiger partial charge < -0.3 is 15.7 Å². The van der Waals surface area contributed by atoms with Gasteiger partial charge in [0.1, 0.15) is 6.04 Å². The van der Waals surface area contributed by atoms with Crippen molar-refractivity contribution in [2.45, 2.75) is 6.04 Å². The molecule has 0 radical (unpaired) electrons. The minimum Gasteiger partial charge on any atom is -0.394 e. The minimum atomic E-state index is -1.08. The van der Waals surface area contributed by atoms with Crippen LogP contribution in [0, 0.1) is 0 Å². The Hall–Kier alpha value is -4.03. The first-order valence-corrected chi connectivity index (χ1v) is 9.87. The molecule has 0 aliphatic carbocycles. The van der Waals surface area contributed by atoms with Gasteiger partial charge in [-0.15, -0.1) is 0 Å². The van der Waals surface area contributed by atoms with Crippen LogP contribution in [0.5, 0.6) is 0 Å². The maximum absolute atomic E-state index is 12.6. The second kappa shape index (κ2) is 9.19. The number of nitrogens with one attached hydrogen (secondary N) is 2. The Kier molecular flexibility index (Phi) is 6.01. The topological polar surface area (TPSA) is 91.3 Å². The zero-order valence-corrected chi connectivity index (χ0v) is 16.7. The van der Waals surface area contributed by atoms with Crippen molar-refractivity contribution in [3.63, 3.8) is 0 Å². The zero-order chi connectivity index (χ0) is 21.6. The largest absolute Gasteiger partial charge is 0.394 e. The van der Waals surface area contributed by atoms with Crippen LogP contribution in [0.1, 0.15) is 10.4 Å². The average molecular weight is 411 g/mol. The van der Waals surface area contributed by atoms with Crippen LogP contribution in [0.15, 0.2) is 91.1 Å². The van der Waals surface area contributed by atoms with Crippen molar-refractivity contribution in [1.29, 1.82) is 0 Å². The Bertz CT molecular complexity index is 1210. The average Bonchev–Trinajstić information content (AvgIpc) is 2.83. The van der Waals surface area contributed by atoms with Crippen LogP contribution >= 0.6 is 0 Å². The van der Waals surface area contributed by atoms with Crippen molar-refractivity contribution >= 4 is 28.4 Å². The third-order valence-corrected chi connectivity index (χ3v) is 4.93. The lowest BCUT2D eigenvalue weighted by molar-refractivity contribution is -0.118. The molecule has 0 saturated heterocycles. The fourth-order valence-corrected chi connectivity index (χ4v) is 3.26. The molecule has 6 heteroatoms. The van der Waals surface area contributed by atoms with Gasteiger partial charge in [0.15, 0.2) is 0 Å². The van der Waals surface area contributed by atoms with E-state index in [0.29, 0.717) is 11.3 Å². The molecule has 4 rings (SSSR count). The summed E-state index contributed by atoms with van der Waals surface area (Å²) in [6.07, 6.45) is 1.70. The lowest BCUT2D eigenvalue weighted by Crippen LogP contribution is -2.46. The highest BCUT2D eigenvalue weighted by atomic mass is 16.3. The Balaban J connectivity index is 1.42. The number of aliphatic hydroxyl groups is 1. The van der Waals surface area contributed by atoms with E-state index < -0.39 is 24.5 Å². The molecule has 0 aliphatic rings. The number of amides is 2. The molecule has 1 heterocycles. The summed E-state index contributed by atoms with van der Waals surface area (Å²) in [4.78, 5) is 29.4. The third kappa shape index (κ3) is 4.76. The second-order valence-electron chi connectivity index (χ2n) is 7.05. The van der Waals surface area contributed by atoms with Gasteiger partial charge in [0.2, 0.25) is 5.91 Å². The standard InChI is InChI=1S/C25H21N3O3/c29-16-23(25(31)27-21-12-13-22-20(15-21)7-4-14-26-22)28-24(30)19-10-8-18(9-11-19)17-5-2-1-3-6-17/h1-15,23,29H,16H2,(H,27,31)(H,28,30)/t23-/m0/s1. The van der Waals surface area contributed by atoms with Crippen LogP contribution in [0.25, 0.3) is 22.0 Å². The maximum Gasteiger partial charge on any atom is 0.251 e. The molecule has 6 nitrogen and oxygen atoms in total. The molecule has 154 valence electrons. The first-order chi connectivity index (χ1) is 15.1. The molecular weight excluding hydrogens is 390 g/mol. The fourth-order valence-electron chi connectivity index (χ4n) is 3.26. The summed E-state index contributed by atoms with van der Waals surface area (Å²) >= 11 is 0. The minimum absolute atomic E-state index is 0.405. The molecule has 3 aromatic carbocycles. The Labute approximate surface area is 179 Å². The van der Waals surface area contributed by atoms with Gasteiger partial charge in [-0.05, 0) is 47.5 Å². The van der Waals surface area contributed by atoms with Crippen LogP contribution in [0.4, 0.5) is 5.69 Å². The van der Waals surface area contributed by atoms with Crippen LogP contribution in [0.3, 0.4) is 0 Å². The molecule has 1 aromatic heterocycles. The fraction of sp³-hybridized carbons (Fsp3) is 0.0800. The quantitative estimate of drug-likeness (QED) is 0.452. The van der Waals surface area contributed by atoms with Crippen molar-refractivity contribution in [1.82, 2.24) is 10.3 Å². The summed E-state index contributed by atoms with van der Waals surface area (Å²) in [7, 11) is 0. The number of aliphatic hydroxyl groups excluding tert-OH is 1. The van der Waals surface area contributed by atoms with Crippen LogP contribution in [-0.2, 0) is 4.79 Å². The summed E-state index contributed by atoms with van der Waals surface area (Å²) in [5.41, 5.74) is 3.81. The van der Waals surface area contributed by atoms with Gasteiger partial charge in [-0.2, -0.15) is 0 Å². The van der Waals surface area contributed by atoms with E-state index in [1.54, 1.807) is 36.5 Å².